The first kappa shape index (κ1) is 23.0. The predicted octanol–water partition coefficient (Wildman–Crippen LogP) is 2.81. The number of imidazole rings is 2. The van der Waals surface area contributed by atoms with Crippen molar-refractivity contribution in [1.29, 1.82) is 0 Å². The molecule has 3 aromatic rings. The molecule has 2 aromatic heterocycles. The van der Waals surface area contributed by atoms with Crippen LogP contribution in [0, 0.1) is 0 Å². The molecule has 0 saturated carbocycles. The molecule has 0 radical (unpaired) electrons. The highest BCUT2D eigenvalue weighted by Crippen LogP contribution is 2.13. The summed E-state index contributed by atoms with van der Waals surface area (Å²) in [4.78, 5) is 32.1. The number of nitrogens with one attached hydrogen (secondary N) is 2. The fourth-order valence-corrected chi connectivity index (χ4v) is 2.98. The number of rotatable bonds is 10. The zero-order valence-electron chi connectivity index (χ0n) is 16.7. The van der Waals surface area contributed by atoms with Crippen LogP contribution in [0.15, 0.2) is 49.1 Å². The highest BCUT2D eigenvalue weighted by Gasteiger charge is 2.14. The van der Waals surface area contributed by atoms with Crippen LogP contribution >= 0.6 is 0 Å². The second-order valence-electron chi connectivity index (χ2n) is 6.65. The molecule has 0 bridgehead atoms. The molecular formula is C20H20F4N6O2. The van der Waals surface area contributed by atoms with Crippen molar-refractivity contribution >= 4 is 11.8 Å². The van der Waals surface area contributed by atoms with Crippen molar-refractivity contribution in [3.8, 4) is 0 Å². The summed E-state index contributed by atoms with van der Waals surface area (Å²) in [6.07, 6.45) is 5.12. The average Bonchev–Trinajstić information content (AvgIpc) is 3.43. The summed E-state index contributed by atoms with van der Waals surface area (Å²) >= 11 is 0. The first-order chi connectivity index (χ1) is 15.4. The second kappa shape index (κ2) is 10.6. The van der Waals surface area contributed by atoms with Gasteiger partial charge in [-0.3, -0.25) is 18.7 Å². The Hall–Kier alpha value is -3.70. The van der Waals surface area contributed by atoms with Gasteiger partial charge in [-0.2, -0.15) is 17.6 Å². The Morgan fingerprint density at radius 1 is 0.750 bits per heavy atom. The molecule has 8 nitrogen and oxygen atoms in total. The van der Waals surface area contributed by atoms with Crippen molar-refractivity contribution in [3.05, 3.63) is 71.8 Å². The standard InChI is InChI=1S/C20H20F4N6O2/c21-19(22)29-11-9-25-15(29)5-7-27-17(31)13-1-2-14(4-3-13)18(32)28-8-6-16-26-10-12-30(16)20(23)24/h1-4,9-12,19-20H,5-8H2,(H,27,31)(H,28,32). The van der Waals surface area contributed by atoms with Crippen molar-refractivity contribution in [1.82, 2.24) is 29.7 Å². The molecule has 2 heterocycles. The van der Waals surface area contributed by atoms with E-state index in [1.165, 1.54) is 49.1 Å². The number of nitrogens with zero attached hydrogens (tertiary/aromatic N) is 4. The lowest BCUT2D eigenvalue weighted by Crippen LogP contribution is -2.28. The van der Waals surface area contributed by atoms with Gasteiger partial charge in [0.25, 0.3) is 11.8 Å². The van der Waals surface area contributed by atoms with Crippen molar-refractivity contribution in [2.24, 2.45) is 0 Å². The molecule has 0 saturated heterocycles. The minimum atomic E-state index is -2.70. The monoisotopic (exact) mass is 452 g/mol. The summed E-state index contributed by atoms with van der Waals surface area (Å²) in [6.45, 7) is -5.18. The van der Waals surface area contributed by atoms with E-state index in [-0.39, 0.29) is 48.7 Å². The normalized spacial score (nSPS) is 11.2. The molecule has 0 aliphatic rings. The van der Waals surface area contributed by atoms with Crippen molar-refractivity contribution in [2.75, 3.05) is 13.1 Å². The summed E-state index contributed by atoms with van der Waals surface area (Å²) in [5.41, 5.74) is 0.579. The van der Waals surface area contributed by atoms with Crippen LogP contribution in [0.25, 0.3) is 0 Å². The molecule has 3 rings (SSSR count). The van der Waals surface area contributed by atoms with Gasteiger partial charge < -0.3 is 10.6 Å². The Kier molecular flexibility index (Phi) is 7.58. The highest BCUT2D eigenvalue weighted by atomic mass is 19.3. The Morgan fingerprint density at radius 2 is 1.12 bits per heavy atom. The first-order valence-electron chi connectivity index (χ1n) is 9.63. The van der Waals surface area contributed by atoms with Crippen LogP contribution in [0.2, 0.25) is 0 Å². The van der Waals surface area contributed by atoms with Gasteiger partial charge >= 0.3 is 13.1 Å². The Labute approximate surface area is 180 Å². The maximum absolute atomic E-state index is 12.8. The highest BCUT2D eigenvalue weighted by molar-refractivity contribution is 5.97. The topological polar surface area (TPSA) is 93.8 Å². The number of hydrogen-bond donors (Lipinski definition) is 2. The third-order valence-corrected chi connectivity index (χ3v) is 4.60. The fourth-order valence-electron chi connectivity index (χ4n) is 2.98. The van der Waals surface area contributed by atoms with Gasteiger partial charge in [-0.05, 0) is 24.3 Å². The quantitative estimate of drug-likeness (QED) is 0.463. The molecule has 0 unspecified atom stereocenters. The molecule has 0 aliphatic heterocycles. The van der Waals surface area contributed by atoms with Gasteiger partial charge in [0.2, 0.25) is 0 Å². The zero-order chi connectivity index (χ0) is 23.1. The number of aromatic nitrogens is 4. The van der Waals surface area contributed by atoms with Crippen LogP contribution in [-0.2, 0) is 12.8 Å². The maximum Gasteiger partial charge on any atom is 0.319 e. The van der Waals surface area contributed by atoms with Gasteiger partial charge in [0.15, 0.2) is 0 Å². The van der Waals surface area contributed by atoms with Gasteiger partial charge in [-0.25, -0.2) is 9.97 Å². The molecule has 0 aliphatic carbocycles. The van der Waals surface area contributed by atoms with Crippen LogP contribution in [0.3, 0.4) is 0 Å². The number of carbonyl (C=O) groups excluding carboxylic acids is 2. The molecular weight excluding hydrogens is 432 g/mol. The fraction of sp³-hybridized carbons (Fsp3) is 0.300. The van der Waals surface area contributed by atoms with E-state index in [0.717, 1.165) is 9.13 Å². The predicted molar refractivity (Wildman–Crippen MR) is 105 cm³/mol. The van der Waals surface area contributed by atoms with Crippen LogP contribution in [-0.4, -0.2) is 44.0 Å². The van der Waals surface area contributed by atoms with Crippen LogP contribution < -0.4 is 10.6 Å². The Morgan fingerprint density at radius 3 is 1.47 bits per heavy atom. The van der Waals surface area contributed by atoms with E-state index in [1.807, 2.05) is 0 Å². The van der Waals surface area contributed by atoms with Gasteiger partial charge in [0, 0.05) is 61.8 Å². The zero-order valence-corrected chi connectivity index (χ0v) is 16.7. The lowest BCUT2D eigenvalue weighted by atomic mass is 10.1. The van der Waals surface area contributed by atoms with Gasteiger partial charge in [0.05, 0.1) is 0 Å². The van der Waals surface area contributed by atoms with Gasteiger partial charge in [-0.15, -0.1) is 0 Å². The van der Waals surface area contributed by atoms with E-state index in [9.17, 15) is 27.2 Å². The number of benzene rings is 1. The van der Waals surface area contributed by atoms with Crippen LogP contribution in [0.5, 0.6) is 0 Å². The summed E-state index contributed by atoms with van der Waals surface area (Å²) < 4.78 is 52.6. The molecule has 1 aromatic carbocycles. The smallest absolute Gasteiger partial charge is 0.319 e. The molecule has 2 amide bonds. The largest absolute Gasteiger partial charge is 0.352 e. The number of halogens is 4. The molecule has 0 fully saturated rings. The lowest BCUT2D eigenvalue weighted by molar-refractivity contribution is 0.0664. The molecule has 12 heteroatoms. The number of carbonyl (C=O) groups is 2. The third kappa shape index (κ3) is 5.71. The van der Waals surface area contributed by atoms with E-state index < -0.39 is 24.9 Å². The third-order valence-electron chi connectivity index (χ3n) is 4.60. The molecule has 2 N–H and O–H groups in total. The van der Waals surface area contributed by atoms with Crippen molar-refractivity contribution < 1.29 is 27.2 Å². The van der Waals surface area contributed by atoms with Crippen LogP contribution in [0.1, 0.15) is 45.5 Å². The lowest BCUT2D eigenvalue weighted by Gasteiger charge is -2.09. The number of amides is 2. The van der Waals surface area contributed by atoms with E-state index >= 15 is 0 Å². The first-order valence-corrected chi connectivity index (χ1v) is 9.63. The average molecular weight is 452 g/mol. The van der Waals surface area contributed by atoms with E-state index in [0.29, 0.717) is 0 Å². The Balaban J connectivity index is 1.46. The van der Waals surface area contributed by atoms with E-state index in [4.69, 9.17) is 0 Å². The summed E-state index contributed by atoms with van der Waals surface area (Å²) in [5, 5.41) is 5.22. The molecule has 32 heavy (non-hydrogen) atoms. The Bertz CT molecular complexity index is 965. The van der Waals surface area contributed by atoms with Crippen molar-refractivity contribution in [3.63, 3.8) is 0 Å². The maximum atomic E-state index is 12.8. The van der Waals surface area contributed by atoms with Gasteiger partial charge in [-0.1, -0.05) is 0 Å². The van der Waals surface area contributed by atoms with E-state index in [2.05, 4.69) is 20.6 Å². The minimum Gasteiger partial charge on any atom is -0.352 e. The summed E-state index contributed by atoms with van der Waals surface area (Å²) in [5.74, 6) is -0.538. The molecule has 0 atom stereocenters. The second-order valence-corrected chi connectivity index (χ2v) is 6.65. The number of alkyl halides is 4. The van der Waals surface area contributed by atoms with Crippen LogP contribution in [0.4, 0.5) is 17.6 Å². The minimum absolute atomic E-state index is 0.110. The number of hydrogen-bond acceptors (Lipinski definition) is 4. The van der Waals surface area contributed by atoms with Crippen molar-refractivity contribution in [2.45, 2.75) is 25.9 Å². The SMILES string of the molecule is O=C(NCCc1nccn1C(F)F)c1ccc(C(=O)NCCc2nccn2C(F)F)cc1. The van der Waals surface area contributed by atoms with Gasteiger partial charge in [0.1, 0.15) is 11.6 Å². The van der Waals surface area contributed by atoms with E-state index in [1.54, 1.807) is 0 Å². The molecule has 0 spiro atoms. The summed E-state index contributed by atoms with van der Waals surface area (Å²) in [7, 11) is 0. The molecule has 170 valence electrons. The summed E-state index contributed by atoms with van der Waals surface area (Å²) in [6, 6.07) is 5.81.